The molecule has 0 aliphatic heterocycles. The zero-order valence-corrected chi connectivity index (χ0v) is 6.81. The molecule has 1 rings (SSSR count). The Morgan fingerprint density at radius 1 is 1.31 bits per heavy atom. The van der Waals surface area contributed by atoms with E-state index >= 15 is 0 Å². The van der Waals surface area contributed by atoms with E-state index in [1.807, 2.05) is 0 Å². The molecule has 1 nitrogen and oxygen atoms in total. The minimum absolute atomic E-state index is 0.310. The van der Waals surface area contributed by atoms with E-state index in [4.69, 9.17) is 6.57 Å². The van der Waals surface area contributed by atoms with Gasteiger partial charge in [0.2, 0.25) is 5.69 Å². The third-order valence-corrected chi connectivity index (χ3v) is 1.65. The van der Waals surface area contributed by atoms with Crippen molar-refractivity contribution in [1.82, 2.24) is 0 Å². The Morgan fingerprint density at radius 2 is 1.92 bits per heavy atom. The van der Waals surface area contributed by atoms with Gasteiger partial charge in [-0.2, -0.15) is 13.2 Å². The Hall–Kier alpha value is -1.50. The van der Waals surface area contributed by atoms with Crippen LogP contribution in [0.25, 0.3) is 4.85 Å². The fourth-order valence-electron chi connectivity index (χ4n) is 1.04. The van der Waals surface area contributed by atoms with E-state index in [0.717, 1.165) is 6.07 Å². The molecular weight excluding hydrogens is 179 g/mol. The summed E-state index contributed by atoms with van der Waals surface area (Å²) in [6.07, 6.45) is -4.44. The fourth-order valence-corrected chi connectivity index (χ4v) is 1.04. The van der Waals surface area contributed by atoms with Crippen LogP contribution in [0.3, 0.4) is 0 Å². The average molecular weight is 185 g/mol. The summed E-state index contributed by atoms with van der Waals surface area (Å²) in [5, 5.41) is 0. The quantitative estimate of drug-likeness (QED) is 0.544. The van der Waals surface area contributed by atoms with Crippen LogP contribution in [0, 0.1) is 13.5 Å². The lowest BCUT2D eigenvalue weighted by Gasteiger charge is -2.09. The maximum atomic E-state index is 12.3. The molecule has 1 aromatic carbocycles. The highest BCUT2D eigenvalue weighted by atomic mass is 19.4. The number of benzene rings is 1. The molecule has 0 saturated heterocycles. The van der Waals surface area contributed by atoms with E-state index in [2.05, 4.69) is 4.85 Å². The fraction of sp³-hybridized carbons (Fsp3) is 0.222. The molecule has 0 N–H and O–H groups in total. The third-order valence-electron chi connectivity index (χ3n) is 1.65. The van der Waals surface area contributed by atoms with E-state index < -0.39 is 11.7 Å². The molecule has 13 heavy (non-hydrogen) atoms. The van der Waals surface area contributed by atoms with Crippen LogP contribution in [-0.4, -0.2) is 0 Å². The van der Waals surface area contributed by atoms with Crippen molar-refractivity contribution in [2.75, 3.05) is 0 Å². The predicted octanol–water partition coefficient (Wildman–Crippen LogP) is 3.56. The number of para-hydroxylation sites is 1. The highest BCUT2D eigenvalue weighted by Crippen LogP contribution is 2.37. The monoisotopic (exact) mass is 185 g/mol. The largest absolute Gasteiger partial charge is 0.407 e. The summed E-state index contributed by atoms with van der Waals surface area (Å²) in [5.41, 5.74) is -0.817. The number of nitrogens with zero attached hydrogens (tertiary/aromatic N) is 1. The Labute approximate surface area is 73.6 Å². The summed E-state index contributed by atoms with van der Waals surface area (Å²) < 4.78 is 36.8. The first-order chi connectivity index (χ1) is 5.96. The van der Waals surface area contributed by atoms with Gasteiger partial charge in [0.25, 0.3) is 0 Å². The van der Waals surface area contributed by atoms with Crippen LogP contribution in [-0.2, 0) is 6.18 Å². The smallest absolute Gasteiger partial charge is 0.237 e. The van der Waals surface area contributed by atoms with E-state index in [1.165, 1.54) is 19.1 Å². The van der Waals surface area contributed by atoms with E-state index in [-0.39, 0.29) is 5.69 Å². The van der Waals surface area contributed by atoms with Crippen molar-refractivity contribution in [3.8, 4) is 0 Å². The molecule has 68 valence electrons. The Balaban J connectivity index is 3.40. The third kappa shape index (κ3) is 1.81. The first-order valence-corrected chi connectivity index (χ1v) is 3.51. The number of hydrogen-bond acceptors (Lipinski definition) is 0. The lowest BCUT2D eigenvalue weighted by atomic mass is 10.1. The second-order valence-electron chi connectivity index (χ2n) is 2.58. The maximum absolute atomic E-state index is 12.3. The van der Waals surface area contributed by atoms with Gasteiger partial charge in [-0.3, -0.25) is 0 Å². The molecule has 0 spiro atoms. The maximum Gasteiger partial charge on any atom is 0.407 e. The van der Waals surface area contributed by atoms with Crippen molar-refractivity contribution in [3.63, 3.8) is 0 Å². The standard InChI is InChI=1S/C9H6F3N/c1-6-4-3-5-7(8(6)13-2)9(10,11)12/h3-5H,1H3. The van der Waals surface area contributed by atoms with E-state index in [9.17, 15) is 13.2 Å². The topological polar surface area (TPSA) is 4.36 Å². The van der Waals surface area contributed by atoms with Gasteiger partial charge in [-0.1, -0.05) is 18.2 Å². The van der Waals surface area contributed by atoms with E-state index in [1.54, 1.807) is 0 Å². The Morgan fingerprint density at radius 3 is 2.31 bits per heavy atom. The van der Waals surface area contributed by atoms with Gasteiger partial charge in [-0.05, 0) is 12.5 Å². The Kier molecular flexibility index (Phi) is 2.28. The van der Waals surface area contributed by atoms with Gasteiger partial charge in [0.05, 0.1) is 12.1 Å². The number of halogens is 3. The molecule has 0 aliphatic carbocycles. The molecule has 0 atom stereocenters. The van der Waals surface area contributed by atoms with E-state index in [0.29, 0.717) is 5.56 Å². The van der Waals surface area contributed by atoms with Crippen molar-refractivity contribution in [1.29, 1.82) is 0 Å². The molecule has 0 saturated carbocycles. The zero-order valence-electron chi connectivity index (χ0n) is 6.81. The van der Waals surface area contributed by atoms with Crippen LogP contribution in [0.1, 0.15) is 11.1 Å². The summed E-state index contributed by atoms with van der Waals surface area (Å²) in [6.45, 7) is 8.12. The number of alkyl halides is 3. The average Bonchev–Trinajstić information content (AvgIpc) is 2.02. The molecule has 4 heteroatoms. The normalized spacial score (nSPS) is 11.0. The minimum atomic E-state index is -4.44. The van der Waals surface area contributed by atoms with Crippen molar-refractivity contribution in [2.45, 2.75) is 13.1 Å². The van der Waals surface area contributed by atoms with Crippen molar-refractivity contribution in [2.24, 2.45) is 0 Å². The van der Waals surface area contributed by atoms with Crippen LogP contribution in [0.4, 0.5) is 18.9 Å². The van der Waals surface area contributed by atoms with Gasteiger partial charge in [0, 0.05) is 0 Å². The van der Waals surface area contributed by atoms with Crippen molar-refractivity contribution < 1.29 is 13.2 Å². The Bertz CT molecular complexity index is 360. The molecule has 0 radical (unpaired) electrons. The molecule has 0 heterocycles. The van der Waals surface area contributed by atoms with Crippen molar-refractivity contribution in [3.05, 3.63) is 40.7 Å². The minimum Gasteiger partial charge on any atom is -0.237 e. The second kappa shape index (κ2) is 3.09. The number of rotatable bonds is 0. The first kappa shape index (κ1) is 9.59. The molecule has 0 fully saturated rings. The SMILES string of the molecule is [C-]#[N+]c1c(C)cccc1C(F)(F)F. The number of aryl methyl sites for hydroxylation is 1. The molecule has 0 bridgehead atoms. The van der Waals surface area contributed by atoms with Gasteiger partial charge in [-0.25, -0.2) is 4.85 Å². The molecule has 0 amide bonds. The molecule has 1 aromatic rings. The van der Waals surface area contributed by atoms with Gasteiger partial charge in [0.15, 0.2) is 0 Å². The van der Waals surface area contributed by atoms with Crippen LogP contribution >= 0.6 is 0 Å². The molecule has 0 unspecified atom stereocenters. The van der Waals surface area contributed by atoms with Crippen LogP contribution in [0.15, 0.2) is 18.2 Å². The zero-order chi connectivity index (χ0) is 10.1. The first-order valence-electron chi connectivity index (χ1n) is 3.51. The van der Waals surface area contributed by atoms with Crippen molar-refractivity contribution >= 4 is 5.69 Å². The molecule has 0 aromatic heterocycles. The number of hydrogen-bond donors (Lipinski definition) is 0. The highest BCUT2D eigenvalue weighted by molar-refractivity contribution is 5.59. The van der Waals surface area contributed by atoms with Gasteiger partial charge in [-0.15, -0.1) is 0 Å². The molecular formula is C9H6F3N. The predicted molar refractivity (Wildman–Crippen MR) is 42.4 cm³/mol. The summed E-state index contributed by atoms with van der Waals surface area (Å²) >= 11 is 0. The van der Waals surface area contributed by atoms with Gasteiger partial charge in [0.1, 0.15) is 0 Å². The summed E-state index contributed by atoms with van der Waals surface area (Å²) in [7, 11) is 0. The van der Waals surface area contributed by atoms with Gasteiger partial charge < -0.3 is 0 Å². The summed E-state index contributed by atoms with van der Waals surface area (Å²) in [5.74, 6) is 0. The summed E-state index contributed by atoms with van der Waals surface area (Å²) in [6, 6.07) is 3.70. The van der Waals surface area contributed by atoms with Crippen LogP contribution < -0.4 is 0 Å². The van der Waals surface area contributed by atoms with Gasteiger partial charge >= 0.3 is 6.18 Å². The molecule has 0 aliphatic rings. The highest BCUT2D eigenvalue weighted by Gasteiger charge is 2.33. The van der Waals surface area contributed by atoms with Crippen LogP contribution in [0.5, 0.6) is 0 Å². The van der Waals surface area contributed by atoms with Crippen LogP contribution in [0.2, 0.25) is 0 Å². The second-order valence-corrected chi connectivity index (χ2v) is 2.58. The lowest BCUT2D eigenvalue weighted by molar-refractivity contribution is -0.136. The summed E-state index contributed by atoms with van der Waals surface area (Å²) in [4.78, 5) is 2.87. The lowest BCUT2D eigenvalue weighted by Crippen LogP contribution is -2.05.